The van der Waals surface area contributed by atoms with Gasteiger partial charge in [0.15, 0.2) is 27.8 Å². The van der Waals surface area contributed by atoms with E-state index in [1.165, 1.54) is 0 Å². The molecule has 12 heteroatoms. The van der Waals surface area contributed by atoms with Crippen LogP contribution in [-0.2, 0) is 0 Å². The predicted octanol–water partition coefficient (Wildman–Crippen LogP) is 6.04. The van der Waals surface area contributed by atoms with Crippen LogP contribution in [0.15, 0.2) is 61.1 Å². The molecule has 0 saturated heterocycles. The number of rotatable bonds is 6. The van der Waals surface area contributed by atoms with Crippen molar-refractivity contribution in [3.63, 3.8) is 0 Å². The van der Waals surface area contributed by atoms with Gasteiger partial charge in [0.1, 0.15) is 17.8 Å². The summed E-state index contributed by atoms with van der Waals surface area (Å²) in [5.74, 6) is 0.499. The molecule has 2 aromatic heterocycles. The lowest BCUT2D eigenvalue weighted by Gasteiger charge is -2.10. The van der Waals surface area contributed by atoms with Crippen LogP contribution in [0.25, 0.3) is 0 Å². The maximum absolute atomic E-state index is 14.0. The van der Waals surface area contributed by atoms with Gasteiger partial charge >= 0.3 is 0 Å². The Kier molecular flexibility index (Phi) is 8.72. The molecule has 0 aliphatic heterocycles. The summed E-state index contributed by atoms with van der Waals surface area (Å²) in [5, 5.41) is 5.44. The molecule has 0 spiro atoms. The van der Waals surface area contributed by atoms with E-state index in [9.17, 15) is 8.78 Å². The fourth-order valence-electron chi connectivity index (χ4n) is 2.46. The molecule has 0 saturated carbocycles. The van der Waals surface area contributed by atoms with Gasteiger partial charge in [0.05, 0.1) is 20.4 Å². The number of nitrogens with zero attached hydrogens (tertiary/aromatic N) is 4. The summed E-state index contributed by atoms with van der Waals surface area (Å²) in [7, 11) is 3.19. The van der Waals surface area contributed by atoms with Gasteiger partial charge in [-0.15, -0.1) is 0 Å². The summed E-state index contributed by atoms with van der Waals surface area (Å²) in [6.45, 7) is 0. The molecule has 34 heavy (non-hydrogen) atoms. The monoisotopic (exact) mass is 506 g/mol. The van der Waals surface area contributed by atoms with Crippen molar-refractivity contribution in [2.24, 2.45) is 0 Å². The van der Waals surface area contributed by atoms with Crippen LogP contribution in [0, 0.1) is 11.6 Å². The van der Waals surface area contributed by atoms with Gasteiger partial charge in [0.2, 0.25) is 5.95 Å². The van der Waals surface area contributed by atoms with Gasteiger partial charge in [-0.1, -0.05) is 23.2 Å². The number of benzene rings is 2. The van der Waals surface area contributed by atoms with Crippen LogP contribution in [0.1, 0.15) is 0 Å². The molecule has 4 aromatic rings. The molecule has 4 rings (SSSR count). The van der Waals surface area contributed by atoms with Crippen LogP contribution in [0.2, 0.25) is 10.3 Å². The summed E-state index contributed by atoms with van der Waals surface area (Å²) in [4.78, 5) is 14.8. The third-order valence-corrected chi connectivity index (χ3v) is 4.67. The van der Waals surface area contributed by atoms with Crippen molar-refractivity contribution in [2.45, 2.75) is 0 Å². The second-order valence-electron chi connectivity index (χ2n) is 6.37. The largest absolute Gasteiger partial charge is 0.497 e. The fraction of sp³-hybridized carbons (Fsp3) is 0.0909. The highest BCUT2D eigenvalue weighted by molar-refractivity contribution is 6.33. The minimum absolute atomic E-state index is 0.0798. The standard InChI is InChI=1S/C18H17FN4O2.C4HCl2FN2/c1-24-14-7-3-12(4-8-14)21-17-16(19)11-20-18(23-17)22-13-5-9-15(25-2)10-6-13;5-3-2(7)4(6)9-1-8-3/h3-11H,1-2H3,(H2,20,21,22,23);1H. The predicted molar refractivity (Wildman–Crippen MR) is 127 cm³/mol. The Morgan fingerprint density at radius 2 is 1.24 bits per heavy atom. The Morgan fingerprint density at radius 1 is 0.735 bits per heavy atom. The zero-order chi connectivity index (χ0) is 24.5. The Labute approximate surface area is 203 Å². The zero-order valence-corrected chi connectivity index (χ0v) is 19.4. The molecule has 0 fully saturated rings. The Balaban J connectivity index is 0.000000302. The number of ether oxygens (including phenoxy) is 2. The van der Waals surface area contributed by atoms with Crippen molar-refractivity contribution in [1.29, 1.82) is 0 Å². The smallest absolute Gasteiger partial charge is 0.229 e. The lowest BCUT2D eigenvalue weighted by molar-refractivity contribution is 0.415. The van der Waals surface area contributed by atoms with Gasteiger partial charge in [-0.05, 0) is 48.5 Å². The summed E-state index contributed by atoms with van der Waals surface area (Å²) in [6.07, 6.45) is 2.21. The zero-order valence-electron chi connectivity index (χ0n) is 17.9. The van der Waals surface area contributed by atoms with Crippen molar-refractivity contribution in [3.05, 3.63) is 83.0 Å². The Morgan fingerprint density at radius 3 is 1.71 bits per heavy atom. The van der Waals surface area contributed by atoms with E-state index >= 15 is 0 Å². The lowest BCUT2D eigenvalue weighted by Crippen LogP contribution is -2.03. The Bertz CT molecular complexity index is 1210. The van der Waals surface area contributed by atoms with Crippen LogP contribution in [0.4, 0.5) is 31.9 Å². The average molecular weight is 507 g/mol. The molecule has 0 amide bonds. The molecule has 8 nitrogen and oxygen atoms in total. The molecule has 2 aromatic carbocycles. The summed E-state index contributed by atoms with van der Waals surface area (Å²) in [5.41, 5.74) is 1.46. The van der Waals surface area contributed by atoms with Gasteiger partial charge in [0, 0.05) is 11.4 Å². The van der Waals surface area contributed by atoms with E-state index in [2.05, 4.69) is 30.6 Å². The van der Waals surface area contributed by atoms with E-state index in [0.717, 1.165) is 29.7 Å². The number of hydrogen-bond donors (Lipinski definition) is 2. The maximum atomic E-state index is 14.0. The number of halogens is 4. The quantitative estimate of drug-likeness (QED) is 0.305. The summed E-state index contributed by atoms with van der Waals surface area (Å²) >= 11 is 10.4. The first-order valence-corrected chi connectivity index (χ1v) is 10.3. The van der Waals surface area contributed by atoms with E-state index in [1.54, 1.807) is 38.5 Å². The maximum Gasteiger partial charge on any atom is 0.229 e. The highest BCUT2D eigenvalue weighted by Crippen LogP contribution is 2.23. The van der Waals surface area contributed by atoms with Crippen LogP contribution in [0.5, 0.6) is 11.5 Å². The number of methoxy groups -OCH3 is 2. The van der Waals surface area contributed by atoms with E-state index in [1.807, 2.05) is 24.3 Å². The molecule has 0 aliphatic rings. The third-order valence-electron chi connectivity index (χ3n) is 4.15. The van der Waals surface area contributed by atoms with Crippen molar-refractivity contribution >= 4 is 46.3 Å². The van der Waals surface area contributed by atoms with Gasteiger partial charge in [-0.25, -0.2) is 23.7 Å². The number of nitrogens with one attached hydrogen (secondary N) is 2. The van der Waals surface area contributed by atoms with Gasteiger partial charge < -0.3 is 20.1 Å². The van der Waals surface area contributed by atoms with Crippen molar-refractivity contribution < 1.29 is 18.3 Å². The first-order valence-electron chi connectivity index (χ1n) is 9.55. The highest BCUT2D eigenvalue weighted by atomic mass is 35.5. The van der Waals surface area contributed by atoms with E-state index in [0.29, 0.717) is 5.69 Å². The second kappa shape index (κ2) is 11.9. The minimum Gasteiger partial charge on any atom is -0.497 e. The highest BCUT2D eigenvalue weighted by Gasteiger charge is 2.08. The van der Waals surface area contributed by atoms with Crippen molar-refractivity contribution in [1.82, 2.24) is 19.9 Å². The van der Waals surface area contributed by atoms with Gasteiger partial charge in [0.25, 0.3) is 0 Å². The minimum atomic E-state index is -0.777. The van der Waals surface area contributed by atoms with Crippen LogP contribution in [0.3, 0.4) is 0 Å². The molecule has 0 aliphatic carbocycles. The van der Waals surface area contributed by atoms with E-state index in [4.69, 9.17) is 32.7 Å². The molecule has 176 valence electrons. The molecular formula is C22H18Cl2F2N6O2. The average Bonchev–Trinajstić information content (AvgIpc) is 2.86. The number of aromatic nitrogens is 4. The molecule has 2 N–H and O–H groups in total. The topological polar surface area (TPSA) is 94.1 Å². The molecular weight excluding hydrogens is 489 g/mol. The van der Waals surface area contributed by atoms with Crippen LogP contribution < -0.4 is 20.1 Å². The first kappa shape index (κ1) is 24.9. The second-order valence-corrected chi connectivity index (χ2v) is 7.08. The Hall–Kier alpha value is -3.76. The summed E-state index contributed by atoms with van der Waals surface area (Å²) < 4.78 is 36.5. The van der Waals surface area contributed by atoms with Crippen molar-refractivity contribution in [2.75, 3.05) is 24.9 Å². The molecule has 0 bridgehead atoms. The molecule has 0 unspecified atom stereocenters. The summed E-state index contributed by atoms with van der Waals surface area (Å²) in [6, 6.07) is 14.4. The SMILES string of the molecule is COc1ccc(Nc2ncc(F)c(Nc3ccc(OC)cc3)n2)cc1.Fc1c(Cl)ncnc1Cl. The molecule has 0 radical (unpaired) electrons. The normalized spacial score (nSPS) is 10.1. The van der Waals surface area contributed by atoms with Gasteiger partial charge in [-0.3, -0.25) is 0 Å². The van der Waals surface area contributed by atoms with Crippen LogP contribution >= 0.6 is 23.2 Å². The van der Waals surface area contributed by atoms with Crippen molar-refractivity contribution in [3.8, 4) is 11.5 Å². The first-order chi connectivity index (χ1) is 16.4. The van der Waals surface area contributed by atoms with E-state index < -0.39 is 11.6 Å². The van der Waals surface area contributed by atoms with E-state index in [-0.39, 0.29) is 22.1 Å². The number of hydrogen-bond acceptors (Lipinski definition) is 8. The fourth-order valence-corrected chi connectivity index (χ4v) is 2.77. The number of anilines is 4. The van der Waals surface area contributed by atoms with Crippen LogP contribution in [-0.4, -0.2) is 34.2 Å². The lowest BCUT2D eigenvalue weighted by atomic mass is 10.3. The molecule has 0 atom stereocenters. The van der Waals surface area contributed by atoms with Gasteiger partial charge in [-0.2, -0.15) is 4.98 Å². The molecule has 2 heterocycles. The third kappa shape index (κ3) is 6.87.